The fourth-order valence-electron chi connectivity index (χ4n) is 1.61. The molecular weight excluding hydrogens is 308 g/mol. The van der Waals surface area contributed by atoms with E-state index in [2.05, 4.69) is 52.4 Å². The van der Waals surface area contributed by atoms with Crippen LogP contribution in [0, 0.1) is 0 Å². The number of nitrogens with one attached hydrogen (secondary N) is 2. The Bertz CT molecular complexity index is 445. The highest BCUT2D eigenvalue weighted by Crippen LogP contribution is 2.15. The predicted molar refractivity (Wildman–Crippen MR) is 82.7 cm³/mol. The first kappa shape index (κ1) is 16.2. The topological polar surface area (TPSA) is 59.0 Å². The van der Waals surface area contributed by atoms with Crippen molar-refractivity contribution in [3.63, 3.8) is 0 Å². The minimum absolute atomic E-state index is 0.0738. The second kappa shape index (κ2) is 8.32. The smallest absolute Gasteiger partial charge is 0.283 e. The molecule has 0 aliphatic rings. The quantitative estimate of drug-likeness (QED) is 0.717. The summed E-state index contributed by atoms with van der Waals surface area (Å²) in [5.41, 5.74) is 0.679. The van der Waals surface area contributed by atoms with Gasteiger partial charge >= 0.3 is 0 Å². The number of rotatable bonds is 8. The summed E-state index contributed by atoms with van der Waals surface area (Å²) < 4.78 is 2.06. The van der Waals surface area contributed by atoms with Gasteiger partial charge in [-0.2, -0.15) is 5.10 Å². The molecule has 1 aromatic rings. The van der Waals surface area contributed by atoms with Crippen LogP contribution in [-0.2, 0) is 6.54 Å². The summed E-state index contributed by atoms with van der Waals surface area (Å²) in [6, 6.07) is 0.463. The number of hydrogen-bond donors (Lipinski definition) is 2. The summed E-state index contributed by atoms with van der Waals surface area (Å²) >= 11 is 3.35. The van der Waals surface area contributed by atoms with Crippen LogP contribution >= 0.6 is 15.9 Å². The predicted octanol–water partition coefficient (Wildman–Crippen LogP) is 2.22. The second-order valence-corrected chi connectivity index (χ2v) is 5.58. The Morgan fingerprint density at radius 2 is 2.16 bits per heavy atom. The molecule has 0 amide bonds. The van der Waals surface area contributed by atoms with E-state index in [0.717, 1.165) is 31.6 Å². The fraction of sp³-hybridized carbons (Fsp3) is 0.692. The van der Waals surface area contributed by atoms with E-state index >= 15 is 0 Å². The van der Waals surface area contributed by atoms with E-state index in [1.54, 1.807) is 6.20 Å². The number of hydrogen-bond acceptors (Lipinski definition) is 4. The molecule has 1 heterocycles. The normalized spacial score (nSPS) is 11.0. The molecule has 0 aliphatic carbocycles. The van der Waals surface area contributed by atoms with Gasteiger partial charge in [0.25, 0.3) is 5.56 Å². The van der Waals surface area contributed by atoms with Gasteiger partial charge in [-0.05, 0) is 22.4 Å². The molecule has 0 aromatic carbocycles. The lowest BCUT2D eigenvalue weighted by atomic mass is 10.3. The summed E-state index contributed by atoms with van der Waals surface area (Å²) in [6.07, 6.45) is 3.72. The molecule has 19 heavy (non-hydrogen) atoms. The van der Waals surface area contributed by atoms with Crippen LogP contribution in [0.5, 0.6) is 0 Å². The van der Waals surface area contributed by atoms with Gasteiger partial charge in [0.1, 0.15) is 4.47 Å². The van der Waals surface area contributed by atoms with Crippen molar-refractivity contribution in [3.8, 4) is 0 Å². The molecule has 5 nitrogen and oxygen atoms in total. The van der Waals surface area contributed by atoms with Gasteiger partial charge in [-0.3, -0.25) is 4.79 Å². The Hall–Kier alpha value is -0.880. The Morgan fingerprint density at radius 1 is 1.42 bits per heavy atom. The zero-order valence-corrected chi connectivity index (χ0v) is 13.5. The van der Waals surface area contributed by atoms with Crippen molar-refractivity contribution < 1.29 is 0 Å². The highest BCUT2D eigenvalue weighted by Gasteiger charge is 2.07. The lowest BCUT2D eigenvalue weighted by molar-refractivity contribution is 0.541. The number of unbranched alkanes of at least 4 members (excludes halogenated alkanes) is 1. The molecule has 0 saturated heterocycles. The largest absolute Gasteiger partial charge is 0.381 e. The lowest BCUT2D eigenvalue weighted by Crippen LogP contribution is -2.29. The molecule has 0 aliphatic heterocycles. The minimum atomic E-state index is -0.0738. The van der Waals surface area contributed by atoms with Gasteiger partial charge in [0.05, 0.1) is 11.9 Å². The third-order valence-electron chi connectivity index (χ3n) is 2.70. The molecular formula is C13H23BrN4O. The van der Waals surface area contributed by atoms with E-state index in [1.807, 2.05) is 0 Å². The minimum Gasteiger partial charge on any atom is -0.381 e. The van der Waals surface area contributed by atoms with Crippen molar-refractivity contribution in [2.45, 2.75) is 46.2 Å². The van der Waals surface area contributed by atoms with Crippen LogP contribution in [-0.4, -0.2) is 28.9 Å². The van der Waals surface area contributed by atoms with E-state index < -0.39 is 0 Å². The summed E-state index contributed by atoms with van der Waals surface area (Å²) in [5, 5.41) is 10.7. The van der Waals surface area contributed by atoms with E-state index in [1.165, 1.54) is 4.68 Å². The van der Waals surface area contributed by atoms with E-state index in [0.29, 0.717) is 17.1 Å². The van der Waals surface area contributed by atoms with Gasteiger partial charge in [0, 0.05) is 25.7 Å². The van der Waals surface area contributed by atoms with Crippen LogP contribution < -0.4 is 16.2 Å². The van der Waals surface area contributed by atoms with Crippen molar-refractivity contribution in [1.82, 2.24) is 15.1 Å². The van der Waals surface area contributed by atoms with Gasteiger partial charge in [0.15, 0.2) is 0 Å². The number of aromatic nitrogens is 2. The number of nitrogens with zero attached hydrogens (tertiary/aromatic N) is 2. The van der Waals surface area contributed by atoms with Crippen molar-refractivity contribution in [3.05, 3.63) is 21.0 Å². The molecule has 0 radical (unpaired) electrons. The molecule has 0 saturated carbocycles. The lowest BCUT2D eigenvalue weighted by Gasteiger charge is -2.12. The van der Waals surface area contributed by atoms with Crippen molar-refractivity contribution in [1.29, 1.82) is 0 Å². The molecule has 1 aromatic heterocycles. The maximum Gasteiger partial charge on any atom is 0.283 e. The van der Waals surface area contributed by atoms with Crippen molar-refractivity contribution in [2.75, 3.05) is 18.4 Å². The number of anilines is 1. The Kier molecular flexibility index (Phi) is 7.09. The third-order valence-corrected chi connectivity index (χ3v) is 3.47. The van der Waals surface area contributed by atoms with Crippen molar-refractivity contribution in [2.24, 2.45) is 0 Å². The summed E-state index contributed by atoms with van der Waals surface area (Å²) in [5.74, 6) is 0. The van der Waals surface area contributed by atoms with Gasteiger partial charge in [-0.25, -0.2) is 4.68 Å². The summed E-state index contributed by atoms with van der Waals surface area (Å²) in [7, 11) is 0. The molecule has 0 fully saturated rings. The SMILES string of the molecule is CCCCn1ncc(NCCNC(C)C)c(Br)c1=O. The molecule has 1 rings (SSSR count). The van der Waals surface area contributed by atoms with E-state index in [-0.39, 0.29) is 5.56 Å². The Balaban J connectivity index is 2.61. The summed E-state index contributed by atoms with van der Waals surface area (Å²) in [6.45, 7) is 8.58. The van der Waals surface area contributed by atoms with Crippen LogP contribution in [0.1, 0.15) is 33.6 Å². The molecule has 6 heteroatoms. The Morgan fingerprint density at radius 3 is 2.79 bits per heavy atom. The second-order valence-electron chi connectivity index (χ2n) is 4.79. The van der Waals surface area contributed by atoms with Crippen molar-refractivity contribution >= 4 is 21.6 Å². The van der Waals surface area contributed by atoms with Crippen LogP contribution in [0.25, 0.3) is 0 Å². The molecule has 2 N–H and O–H groups in total. The van der Waals surface area contributed by atoms with Crippen LogP contribution in [0.4, 0.5) is 5.69 Å². The van der Waals surface area contributed by atoms with Gasteiger partial charge in [-0.15, -0.1) is 0 Å². The third kappa shape index (κ3) is 5.32. The monoisotopic (exact) mass is 330 g/mol. The molecule has 0 bridgehead atoms. The first-order valence-electron chi connectivity index (χ1n) is 6.79. The highest BCUT2D eigenvalue weighted by atomic mass is 79.9. The van der Waals surface area contributed by atoms with E-state index in [4.69, 9.17) is 0 Å². The van der Waals surface area contributed by atoms with Gasteiger partial charge < -0.3 is 10.6 Å². The standard InChI is InChI=1S/C13H23BrN4O/c1-4-5-8-18-13(19)12(14)11(9-17-18)16-7-6-15-10(2)3/h9-10,15-16H,4-8H2,1-3H3. The maximum atomic E-state index is 12.0. The highest BCUT2D eigenvalue weighted by molar-refractivity contribution is 9.10. The average molecular weight is 331 g/mol. The molecule has 0 spiro atoms. The first-order chi connectivity index (χ1) is 9.06. The first-order valence-corrected chi connectivity index (χ1v) is 7.58. The zero-order valence-electron chi connectivity index (χ0n) is 11.9. The molecule has 0 unspecified atom stereocenters. The number of aryl methyl sites for hydroxylation is 1. The van der Waals surface area contributed by atoms with E-state index in [9.17, 15) is 4.79 Å². The molecule has 108 valence electrons. The Labute approximate surface area is 122 Å². The van der Waals surface area contributed by atoms with Gasteiger partial charge in [0.2, 0.25) is 0 Å². The average Bonchev–Trinajstić information content (AvgIpc) is 2.38. The molecule has 0 atom stereocenters. The van der Waals surface area contributed by atoms with Crippen LogP contribution in [0.2, 0.25) is 0 Å². The fourth-order valence-corrected chi connectivity index (χ4v) is 2.06. The summed E-state index contributed by atoms with van der Waals surface area (Å²) in [4.78, 5) is 12.0. The maximum absolute atomic E-state index is 12.0. The zero-order chi connectivity index (χ0) is 14.3. The number of halogens is 1. The van der Waals surface area contributed by atoms with Gasteiger partial charge in [-0.1, -0.05) is 27.2 Å². The van der Waals surface area contributed by atoms with Crippen LogP contribution in [0.15, 0.2) is 15.5 Å². The van der Waals surface area contributed by atoms with Crippen LogP contribution in [0.3, 0.4) is 0 Å².